The molecule has 0 saturated carbocycles. The summed E-state index contributed by atoms with van der Waals surface area (Å²) in [6, 6.07) is 2.29. The highest BCUT2D eigenvalue weighted by Crippen LogP contribution is 2.25. The third-order valence-corrected chi connectivity index (χ3v) is 5.41. The molecule has 1 N–H and O–H groups in total. The Morgan fingerprint density at radius 3 is 2.81 bits per heavy atom. The first kappa shape index (κ1) is 15.8. The van der Waals surface area contributed by atoms with Gasteiger partial charge in [-0.3, -0.25) is 0 Å². The largest absolute Gasteiger partial charge is 0.396 e. The Bertz CT molecular complexity index is 600. The number of aliphatic hydroxyl groups excluding tert-OH is 1. The van der Waals surface area contributed by atoms with E-state index < -0.39 is 14.9 Å². The van der Waals surface area contributed by atoms with Gasteiger partial charge < -0.3 is 15.2 Å². The van der Waals surface area contributed by atoms with E-state index in [1.807, 2.05) is 0 Å². The number of aliphatic hydroxyl groups is 1. The molecule has 116 valence electrons. The molecule has 21 heavy (non-hydrogen) atoms. The summed E-state index contributed by atoms with van der Waals surface area (Å²) in [6.45, 7) is 0.818. The molecule has 0 bridgehead atoms. The minimum Gasteiger partial charge on any atom is -0.396 e. The Balaban J connectivity index is 2.18. The molecule has 1 aromatic rings. The van der Waals surface area contributed by atoms with Gasteiger partial charge in [-0.1, -0.05) is 0 Å². The van der Waals surface area contributed by atoms with Gasteiger partial charge in [0.25, 0.3) is 0 Å². The van der Waals surface area contributed by atoms with Gasteiger partial charge in [0, 0.05) is 25.8 Å². The summed E-state index contributed by atoms with van der Waals surface area (Å²) < 4.78 is 26.3. The van der Waals surface area contributed by atoms with Crippen molar-refractivity contribution in [2.75, 3.05) is 19.7 Å². The lowest BCUT2D eigenvalue weighted by Crippen LogP contribution is -2.40. The third kappa shape index (κ3) is 3.55. The van der Waals surface area contributed by atoms with Crippen LogP contribution in [0.1, 0.15) is 19.3 Å². The van der Waals surface area contributed by atoms with E-state index >= 15 is 0 Å². The maximum absolute atomic E-state index is 12.5. The molecule has 9 heteroatoms. The van der Waals surface area contributed by atoms with E-state index in [-0.39, 0.29) is 23.2 Å². The Morgan fingerprint density at radius 2 is 2.24 bits per heavy atom. The van der Waals surface area contributed by atoms with Crippen molar-refractivity contribution in [2.45, 2.75) is 24.2 Å². The molecular formula is C12H17N3O5S. The maximum atomic E-state index is 12.5. The summed E-state index contributed by atoms with van der Waals surface area (Å²) >= 11 is 0. The standard InChI is InChI=1S/C12H17N3O5S/c16-7-5-10-2-1-6-14(9-10)21(19,20)11-3-4-12(13-8-11)15(17)18/h3-4,8,10,16H,1-2,5-7,9H2. The number of hydrogen-bond donors (Lipinski definition) is 1. The summed E-state index contributed by atoms with van der Waals surface area (Å²) in [6.07, 6.45) is 3.23. The van der Waals surface area contributed by atoms with Crippen molar-refractivity contribution in [3.8, 4) is 0 Å². The van der Waals surface area contributed by atoms with Gasteiger partial charge in [-0.15, -0.1) is 0 Å². The molecule has 0 aliphatic carbocycles. The molecule has 1 saturated heterocycles. The predicted molar refractivity (Wildman–Crippen MR) is 74.1 cm³/mol. The zero-order valence-corrected chi connectivity index (χ0v) is 12.2. The summed E-state index contributed by atoms with van der Waals surface area (Å²) in [5.74, 6) is -0.240. The molecule has 1 atom stereocenters. The predicted octanol–water partition coefficient (Wildman–Crippen LogP) is 0.773. The third-order valence-electron chi connectivity index (χ3n) is 3.56. The van der Waals surface area contributed by atoms with Crippen LogP contribution in [0.15, 0.2) is 23.2 Å². The van der Waals surface area contributed by atoms with Gasteiger partial charge >= 0.3 is 5.82 Å². The fraction of sp³-hybridized carbons (Fsp3) is 0.583. The molecular weight excluding hydrogens is 298 g/mol. The van der Waals surface area contributed by atoms with Crippen molar-refractivity contribution < 1.29 is 18.4 Å². The smallest absolute Gasteiger partial charge is 0.363 e. The van der Waals surface area contributed by atoms with Crippen molar-refractivity contribution in [3.05, 3.63) is 28.4 Å². The van der Waals surface area contributed by atoms with Crippen LogP contribution in [0, 0.1) is 16.0 Å². The number of rotatable bonds is 5. The number of aromatic nitrogens is 1. The van der Waals surface area contributed by atoms with Gasteiger partial charge in [-0.05, 0) is 41.2 Å². The Kier molecular flexibility index (Phi) is 4.86. The summed E-state index contributed by atoms with van der Waals surface area (Å²) in [7, 11) is -3.69. The van der Waals surface area contributed by atoms with Crippen molar-refractivity contribution in [3.63, 3.8) is 0 Å². The molecule has 2 heterocycles. The van der Waals surface area contributed by atoms with E-state index in [9.17, 15) is 18.5 Å². The molecule has 8 nitrogen and oxygen atoms in total. The first-order valence-electron chi connectivity index (χ1n) is 6.66. The molecule has 1 unspecified atom stereocenters. The van der Waals surface area contributed by atoms with E-state index in [0.29, 0.717) is 19.5 Å². The Labute approximate surface area is 122 Å². The lowest BCUT2D eigenvalue weighted by Gasteiger charge is -2.31. The van der Waals surface area contributed by atoms with Crippen molar-refractivity contribution in [1.82, 2.24) is 9.29 Å². The molecule has 2 rings (SSSR count). The van der Waals surface area contributed by atoms with Crippen molar-refractivity contribution >= 4 is 15.8 Å². The van der Waals surface area contributed by atoms with Crippen molar-refractivity contribution in [2.24, 2.45) is 5.92 Å². The molecule has 1 aliphatic rings. The topological polar surface area (TPSA) is 114 Å². The average molecular weight is 315 g/mol. The maximum Gasteiger partial charge on any atom is 0.363 e. The highest BCUT2D eigenvalue weighted by molar-refractivity contribution is 7.89. The van der Waals surface area contributed by atoms with Gasteiger partial charge in [-0.25, -0.2) is 8.42 Å². The number of nitrogens with zero attached hydrogens (tertiary/aromatic N) is 3. The van der Waals surface area contributed by atoms with Gasteiger partial charge in [0.15, 0.2) is 6.20 Å². The number of piperidine rings is 1. The van der Waals surface area contributed by atoms with Crippen LogP contribution in [0.25, 0.3) is 0 Å². The molecule has 0 amide bonds. The highest BCUT2D eigenvalue weighted by atomic mass is 32.2. The number of sulfonamides is 1. The molecule has 1 fully saturated rings. The zero-order chi connectivity index (χ0) is 15.5. The number of nitro groups is 1. The molecule has 0 spiro atoms. The molecule has 0 aromatic carbocycles. The minimum atomic E-state index is -3.69. The lowest BCUT2D eigenvalue weighted by molar-refractivity contribution is -0.389. The van der Waals surface area contributed by atoms with Crippen LogP contribution < -0.4 is 0 Å². The van der Waals surface area contributed by atoms with Crippen LogP contribution in [0.2, 0.25) is 0 Å². The normalized spacial score (nSPS) is 20.3. The van der Waals surface area contributed by atoms with Crippen LogP contribution in [-0.2, 0) is 10.0 Å². The van der Waals surface area contributed by atoms with Gasteiger partial charge in [0.2, 0.25) is 10.0 Å². The summed E-state index contributed by atoms with van der Waals surface area (Å²) in [4.78, 5) is 13.4. The van der Waals surface area contributed by atoms with Crippen LogP contribution in [-0.4, -0.2) is 47.4 Å². The zero-order valence-electron chi connectivity index (χ0n) is 11.4. The first-order valence-corrected chi connectivity index (χ1v) is 8.10. The van der Waals surface area contributed by atoms with Gasteiger partial charge in [0.05, 0.1) is 0 Å². The molecule has 1 aliphatic heterocycles. The molecule has 1 aromatic heterocycles. The second-order valence-corrected chi connectivity index (χ2v) is 6.93. The summed E-state index contributed by atoms with van der Waals surface area (Å²) in [5, 5.41) is 19.5. The van der Waals surface area contributed by atoms with E-state index in [1.54, 1.807) is 0 Å². The van der Waals surface area contributed by atoms with E-state index in [1.165, 1.54) is 10.4 Å². The Morgan fingerprint density at radius 1 is 1.48 bits per heavy atom. The van der Waals surface area contributed by atoms with Crippen LogP contribution in [0.3, 0.4) is 0 Å². The van der Waals surface area contributed by atoms with Crippen molar-refractivity contribution in [1.29, 1.82) is 0 Å². The number of hydrogen-bond acceptors (Lipinski definition) is 6. The quantitative estimate of drug-likeness (QED) is 0.634. The summed E-state index contributed by atoms with van der Waals surface area (Å²) in [5.41, 5.74) is 0. The van der Waals surface area contributed by atoms with E-state index in [2.05, 4.69) is 4.98 Å². The minimum absolute atomic E-state index is 0.0393. The monoisotopic (exact) mass is 315 g/mol. The SMILES string of the molecule is O=[N+]([O-])c1ccc(S(=O)(=O)N2CCCC(CCO)C2)cn1. The second-order valence-electron chi connectivity index (χ2n) is 4.99. The van der Waals surface area contributed by atoms with Crippen LogP contribution in [0.5, 0.6) is 0 Å². The van der Waals surface area contributed by atoms with E-state index in [4.69, 9.17) is 5.11 Å². The van der Waals surface area contributed by atoms with E-state index in [0.717, 1.165) is 25.1 Å². The fourth-order valence-electron chi connectivity index (χ4n) is 2.45. The fourth-order valence-corrected chi connectivity index (χ4v) is 3.95. The Hall–Kier alpha value is -1.58. The highest BCUT2D eigenvalue weighted by Gasteiger charge is 2.31. The molecule has 0 radical (unpaired) electrons. The number of pyridine rings is 1. The average Bonchev–Trinajstić information content (AvgIpc) is 2.48. The van der Waals surface area contributed by atoms with Gasteiger partial charge in [-0.2, -0.15) is 4.31 Å². The second kappa shape index (κ2) is 6.46. The van der Waals surface area contributed by atoms with Crippen LogP contribution >= 0.6 is 0 Å². The first-order chi connectivity index (χ1) is 9.95. The van der Waals surface area contributed by atoms with Crippen LogP contribution in [0.4, 0.5) is 5.82 Å². The van der Waals surface area contributed by atoms with Gasteiger partial charge in [0.1, 0.15) is 4.90 Å². The lowest BCUT2D eigenvalue weighted by atomic mass is 9.97.